The van der Waals surface area contributed by atoms with Crippen molar-refractivity contribution in [2.24, 2.45) is 0 Å². The molecule has 3 rings (SSSR count). The molecule has 96 valence electrons. The number of fused-ring (bicyclic) bond motifs is 1. The first-order valence-corrected chi connectivity index (χ1v) is 7.39. The minimum Gasteiger partial charge on any atom is -0.339 e. The van der Waals surface area contributed by atoms with Crippen LogP contribution >= 0.6 is 11.8 Å². The second kappa shape index (κ2) is 4.94. The first-order chi connectivity index (χ1) is 8.74. The second-order valence-electron chi connectivity index (χ2n) is 5.06. The standard InChI is InChI=1S/C14H18N2OS/c1-10-9-16(7-6-15-10)14(17)13-8-11-4-2-3-5-12(11)18-13/h2-5,10,13,15H,6-9H2,1H3/t10-,13?/m1/s1. The number of carbonyl (C=O) groups is 1. The fraction of sp³-hybridized carbons (Fsp3) is 0.500. The summed E-state index contributed by atoms with van der Waals surface area (Å²) < 4.78 is 0. The van der Waals surface area contributed by atoms with Crippen LogP contribution in [0.1, 0.15) is 12.5 Å². The Kier molecular flexibility index (Phi) is 3.31. The summed E-state index contributed by atoms with van der Waals surface area (Å²) in [5.74, 6) is 0.310. The van der Waals surface area contributed by atoms with Gasteiger partial charge in [0, 0.05) is 30.6 Å². The number of piperazine rings is 1. The van der Waals surface area contributed by atoms with Crippen LogP contribution in [-0.4, -0.2) is 41.7 Å². The number of nitrogens with one attached hydrogen (secondary N) is 1. The lowest BCUT2D eigenvalue weighted by atomic mass is 10.1. The summed E-state index contributed by atoms with van der Waals surface area (Å²) in [6.07, 6.45) is 0.887. The van der Waals surface area contributed by atoms with E-state index in [4.69, 9.17) is 0 Å². The van der Waals surface area contributed by atoms with Gasteiger partial charge in [0.1, 0.15) is 0 Å². The molecule has 1 aromatic carbocycles. The molecule has 2 heterocycles. The van der Waals surface area contributed by atoms with Crippen LogP contribution in [0.25, 0.3) is 0 Å². The van der Waals surface area contributed by atoms with Crippen molar-refractivity contribution >= 4 is 17.7 Å². The number of nitrogens with zero attached hydrogens (tertiary/aromatic N) is 1. The van der Waals surface area contributed by atoms with Crippen molar-refractivity contribution in [3.8, 4) is 0 Å². The van der Waals surface area contributed by atoms with Gasteiger partial charge in [-0.2, -0.15) is 0 Å². The number of thioether (sulfide) groups is 1. The normalized spacial score (nSPS) is 27.1. The number of amides is 1. The highest BCUT2D eigenvalue weighted by Crippen LogP contribution is 2.37. The third-order valence-corrected chi connectivity index (χ3v) is 4.91. The van der Waals surface area contributed by atoms with Crippen molar-refractivity contribution in [2.75, 3.05) is 19.6 Å². The first kappa shape index (κ1) is 12.1. The highest BCUT2D eigenvalue weighted by Gasteiger charge is 2.32. The van der Waals surface area contributed by atoms with E-state index in [9.17, 15) is 4.79 Å². The Morgan fingerprint density at radius 2 is 2.28 bits per heavy atom. The highest BCUT2D eigenvalue weighted by atomic mass is 32.2. The van der Waals surface area contributed by atoms with Crippen molar-refractivity contribution in [2.45, 2.75) is 29.5 Å². The minimum atomic E-state index is 0.0905. The number of hydrogen-bond donors (Lipinski definition) is 1. The number of hydrogen-bond acceptors (Lipinski definition) is 3. The zero-order chi connectivity index (χ0) is 12.5. The number of carbonyl (C=O) groups excluding carboxylic acids is 1. The van der Waals surface area contributed by atoms with E-state index >= 15 is 0 Å². The fourth-order valence-electron chi connectivity index (χ4n) is 2.66. The molecule has 1 saturated heterocycles. The summed E-state index contributed by atoms with van der Waals surface area (Å²) in [6, 6.07) is 8.77. The Morgan fingerprint density at radius 1 is 1.44 bits per heavy atom. The average molecular weight is 262 g/mol. The number of rotatable bonds is 1. The van der Waals surface area contributed by atoms with Crippen molar-refractivity contribution in [1.82, 2.24) is 10.2 Å². The van der Waals surface area contributed by atoms with Crippen LogP contribution in [0.15, 0.2) is 29.2 Å². The van der Waals surface area contributed by atoms with Crippen molar-refractivity contribution in [3.63, 3.8) is 0 Å². The Balaban J connectivity index is 1.68. The first-order valence-electron chi connectivity index (χ1n) is 6.51. The lowest BCUT2D eigenvalue weighted by Gasteiger charge is -2.33. The molecule has 0 radical (unpaired) electrons. The highest BCUT2D eigenvalue weighted by molar-refractivity contribution is 8.01. The molecule has 1 N–H and O–H groups in total. The lowest BCUT2D eigenvalue weighted by molar-refractivity contribution is -0.131. The molecule has 0 bridgehead atoms. The van der Waals surface area contributed by atoms with Gasteiger partial charge < -0.3 is 10.2 Å². The smallest absolute Gasteiger partial charge is 0.236 e. The Hall–Kier alpha value is -1.00. The van der Waals surface area contributed by atoms with Gasteiger partial charge in [-0.3, -0.25) is 4.79 Å². The van der Waals surface area contributed by atoms with Crippen molar-refractivity contribution in [1.29, 1.82) is 0 Å². The van der Waals surface area contributed by atoms with Crippen LogP contribution in [0, 0.1) is 0 Å². The molecule has 0 aromatic heterocycles. The molecule has 1 fully saturated rings. The maximum atomic E-state index is 12.5. The molecule has 4 heteroatoms. The molecular weight excluding hydrogens is 244 g/mol. The van der Waals surface area contributed by atoms with Gasteiger partial charge in [-0.1, -0.05) is 18.2 Å². The molecule has 2 aliphatic rings. The third-order valence-electron chi connectivity index (χ3n) is 3.60. The predicted octanol–water partition coefficient (Wildman–Crippen LogP) is 1.52. The molecule has 0 saturated carbocycles. The zero-order valence-corrected chi connectivity index (χ0v) is 11.4. The Morgan fingerprint density at radius 3 is 3.06 bits per heavy atom. The van der Waals surface area contributed by atoms with Crippen molar-refractivity contribution < 1.29 is 4.79 Å². The maximum Gasteiger partial charge on any atom is 0.236 e. The topological polar surface area (TPSA) is 32.3 Å². The van der Waals surface area contributed by atoms with E-state index < -0.39 is 0 Å². The fourth-order valence-corrected chi connectivity index (χ4v) is 3.94. The third kappa shape index (κ3) is 2.27. The van der Waals surface area contributed by atoms with Gasteiger partial charge in [0.2, 0.25) is 5.91 Å². The molecule has 1 unspecified atom stereocenters. The maximum absolute atomic E-state index is 12.5. The van der Waals surface area contributed by atoms with Gasteiger partial charge >= 0.3 is 0 Å². The molecule has 18 heavy (non-hydrogen) atoms. The van der Waals surface area contributed by atoms with E-state index in [0.717, 1.165) is 26.1 Å². The van der Waals surface area contributed by atoms with Gasteiger partial charge in [-0.15, -0.1) is 11.8 Å². The van der Waals surface area contributed by atoms with E-state index in [1.807, 2.05) is 11.0 Å². The summed E-state index contributed by atoms with van der Waals surface area (Å²) in [5, 5.41) is 3.46. The van der Waals surface area contributed by atoms with Crippen LogP contribution in [0.5, 0.6) is 0 Å². The van der Waals surface area contributed by atoms with E-state index in [1.54, 1.807) is 11.8 Å². The van der Waals surface area contributed by atoms with Crippen molar-refractivity contribution in [3.05, 3.63) is 29.8 Å². The van der Waals surface area contributed by atoms with Crippen LogP contribution < -0.4 is 5.32 Å². The van der Waals surface area contributed by atoms with Gasteiger partial charge in [0.15, 0.2) is 0 Å². The summed E-state index contributed by atoms with van der Waals surface area (Å²) in [4.78, 5) is 15.8. The summed E-state index contributed by atoms with van der Waals surface area (Å²) in [6.45, 7) is 4.73. The number of benzene rings is 1. The van der Waals surface area contributed by atoms with E-state index in [1.165, 1.54) is 10.5 Å². The molecule has 3 nitrogen and oxygen atoms in total. The molecule has 1 amide bonds. The van der Waals surface area contributed by atoms with E-state index in [2.05, 4.69) is 30.4 Å². The quantitative estimate of drug-likeness (QED) is 0.833. The molecule has 2 aliphatic heterocycles. The van der Waals surface area contributed by atoms with Gasteiger partial charge in [0.25, 0.3) is 0 Å². The summed E-state index contributed by atoms with van der Waals surface area (Å²) in [5.41, 5.74) is 1.32. The van der Waals surface area contributed by atoms with E-state index in [-0.39, 0.29) is 5.25 Å². The zero-order valence-electron chi connectivity index (χ0n) is 10.6. The predicted molar refractivity (Wildman–Crippen MR) is 73.8 cm³/mol. The Bertz CT molecular complexity index is 438. The Labute approximate surface area is 112 Å². The monoisotopic (exact) mass is 262 g/mol. The molecule has 2 atom stereocenters. The minimum absolute atomic E-state index is 0.0905. The van der Waals surface area contributed by atoms with Gasteiger partial charge in [0.05, 0.1) is 5.25 Å². The lowest BCUT2D eigenvalue weighted by Crippen LogP contribution is -2.53. The van der Waals surface area contributed by atoms with E-state index in [0.29, 0.717) is 11.9 Å². The molecule has 0 spiro atoms. The SMILES string of the molecule is C[C@@H]1CN(C(=O)C2Cc3ccccc3S2)CCN1. The summed E-state index contributed by atoms with van der Waals surface area (Å²) >= 11 is 1.73. The van der Waals surface area contributed by atoms with Crippen LogP contribution in [-0.2, 0) is 11.2 Å². The van der Waals surface area contributed by atoms with Gasteiger partial charge in [-0.25, -0.2) is 0 Å². The van der Waals surface area contributed by atoms with Gasteiger partial charge in [-0.05, 0) is 25.0 Å². The molecular formula is C14H18N2OS. The molecule has 0 aliphatic carbocycles. The summed E-state index contributed by atoms with van der Waals surface area (Å²) in [7, 11) is 0. The second-order valence-corrected chi connectivity index (χ2v) is 6.30. The van der Waals surface area contributed by atoms with Crippen LogP contribution in [0.3, 0.4) is 0 Å². The largest absolute Gasteiger partial charge is 0.339 e. The average Bonchev–Trinajstić information content (AvgIpc) is 2.81. The van der Waals surface area contributed by atoms with Crippen LogP contribution in [0.4, 0.5) is 0 Å². The van der Waals surface area contributed by atoms with Crippen LogP contribution in [0.2, 0.25) is 0 Å². The molecule has 1 aromatic rings.